The predicted molar refractivity (Wildman–Crippen MR) is 72.5 cm³/mol. The van der Waals surface area contributed by atoms with Crippen molar-refractivity contribution < 1.29 is 0 Å². The highest BCUT2D eigenvalue weighted by Gasteiger charge is 2.09. The fourth-order valence-electron chi connectivity index (χ4n) is 1.50. The second-order valence-electron chi connectivity index (χ2n) is 3.57. The minimum Gasteiger partial charge on any atom is -0.111 e. The lowest BCUT2D eigenvalue weighted by molar-refractivity contribution is 1.12. The highest BCUT2D eigenvalue weighted by molar-refractivity contribution is 9.10. The molecule has 0 nitrogen and oxygen atoms in total. The van der Waals surface area contributed by atoms with Gasteiger partial charge in [-0.2, -0.15) is 0 Å². The van der Waals surface area contributed by atoms with E-state index in [9.17, 15) is 0 Å². The van der Waals surface area contributed by atoms with Crippen LogP contribution in [-0.4, -0.2) is 0 Å². The van der Waals surface area contributed by atoms with E-state index in [4.69, 9.17) is 11.6 Å². The lowest BCUT2D eigenvalue weighted by atomic mass is 10.0. The largest absolute Gasteiger partial charge is 0.111 e. The van der Waals surface area contributed by atoms with E-state index < -0.39 is 0 Å². The second kappa shape index (κ2) is 5.51. The van der Waals surface area contributed by atoms with Crippen LogP contribution in [-0.2, 0) is 6.42 Å². The van der Waals surface area contributed by atoms with Gasteiger partial charge in [0.15, 0.2) is 0 Å². The van der Waals surface area contributed by atoms with Crippen LogP contribution in [0.4, 0.5) is 0 Å². The summed E-state index contributed by atoms with van der Waals surface area (Å²) in [6.45, 7) is 0. The Morgan fingerprint density at radius 1 is 0.938 bits per heavy atom. The van der Waals surface area contributed by atoms with Gasteiger partial charge in [-0.3, -0.25) is 0 Å². The molecule has 0 saturated carbocycles. The standard InChI is InChI=1S/C14H11BrCl/c15-13-8-6-11(7-9-13)10-14(16)12-4-2-1-3-5-12/h1-9H,10H2. The first-order valence-electron chi connectivity index (χ1n) is 5.07. The summed E-state index contributed by atoms with van der Waals surface area (Å²) in [6.07, 6.45) is 0.777. The normalized spacial score (nSPS) is 10.7. The van der Waals surface area contributed by atoms with E-state index in [1.807, 2.05) is 42.5 Å². The second-order valence-corrected chi connectivity index (χ2v) is 4.95. The molecule has 0 saturated heterocycles. The van der Waals surface area contributed by atoms with Crippen LogP contribution in [0.5, 0.6) is 0 Å². The van der Waals surface area contributed by atoms with Gasteiger partial charge in [-0.15, -0.1) is 11.6 Å². The van der Waals surface area contributed by atoms with Crippen LogP contribution in [0, 0.1) is 5.38 Å². The zero-order valence-corrected chi connectivity index (χ0v) is 11.0. The molecule has 0 aliphatic heterocycles. The van der Waals surface area contributed by atoms with Gasteiger partial charge in [0.1, 0.15) is 0 Å². The van der Waals surface area contributed by atoms with E-state index in [0.717, 1.165) is 21.8 Å². The van der Waals surface area contributed by atoms with Gasteiger partial charge in [-0.1, -0.05) is 58.4 Å². The molecule has 0 fully saturated rings. The highest BCUT2D eigenvalue weighted by atomic mass is 79.9. The van der Waals surface area contributed by atoms with Crippen LogP contribution in [0.15, 0.2) is 59.1 Å². The van der Waals surface area contributed by atoms with Crippen LogP contribution in [0.2, 0.25) is 0 Å². The Bertz CT molecular complexity index is 436. The topological polar surface area (TPSA) is 0 Å². The highest BCUT2D eigenvalue weighted by Crippen LogP contribution is 2.24. The molecule has 0 heterocycles. The molecule has 0 N–H and O–H groups in total. The van der Waals surface area contributed by atoms with Crippen LogP contribution >= 0.6 is 27.5 Å². The van der Waals surface area contributed by atoms with Crippen molar-refractivity contribution in [2.24, 2.45) is 0 Å². The van der Waals surface area contributed by atoms with Crippen LogP contribution in [0.1, 0.15) is 11.1 Å². The fourth-order valence-corrected chi connectivity index (χ4v) is 2.05. The number of halogens is 2. The van der Waals surface area contributed by atoms with Crippen molar-refractivity contribution in [2.75, 3.05) is 0 Å². The van der Waals surface area contributed by atoms with Crippen LogP contribution in [0.25, 0.3) is 0 Å². The third-order valence-corrected chi connectivity index (χ3v) is 3.24. The number of benzene rings is 2. The predicted octanol–water partition coefficient (Wildman–Crippen LogP) is 4.81. The summed E-state index contributed by atoms with van der Waals surface area (Å²) >= 11 is 9.70. The molecule has 1 radical (unpaired) electrons. The lowest BCUT2D eigenvalue weighted by Crippen LogP contribution is -1.96. The molecule has 2 aromatic carbocycles. The molecule has 0 amide bonds. The average molecular weight is 295 g/mol. The summed E-state index contributed by atoms with van der Waals surface area (Å²) in [4.78, 5) is 0. The van der Waals surface area contributed by atoms with Crippen molar-refractivity contribution in [3.63, 3.8) is 0 Å². The quantitative estimate of drug-likeness (QED) is 0.762. The minimum absolute atomic E-state index is 0.777. The Morgan fingerprint density at radius 3 is 2.19 bits per heavy atom. The van der Waals surface area contributed by atoms with Gasteiger partial charge in [0.05, 0.1) is 5.38 Å². The van der Waals surface area contributed by atoms with Gasteiger partial charge in [-0.25, -0.2) is 0 Å². The first-order chi connectivity index (χ1) is 7.75. The van der Waals surface area contributed by atoms with Gasteiger partial charge >= 0.3 is 0 Å². The molecule has 16 heavy (non-hydrogen) atoms. The summed E-state index contributed by atoms with van der Waals surface area (Å²) in [7, 11) is 0. The van der Waals surface area contributed by atoms with Crippen LogP contribution in [0.3, 0.4) is 0 Å². The van der Waals surface area contributed by atoms with Gasteiger partial charge in [-0.05, 0) is 29.7 Å². The van der Waals surface area contributed by atoms with E-state index in [2.05, 4.69) is 28.1 Å². The first kappa shape index (κ1) is 11.7. The maximum atomic E-state index is 6.29. The first-order valence-corrected chi connectivity index (χ1v) is 6.24. The number of rotatable bonds is 3. The molecular formula is C14H11BrCl. The maximum Gasteiger partial charge on any atom is 0.0970 e. The average Bonchev–Trinajstić information content (AvgIpc) is 2.33. The van der Waals surface area contributed by atoms with E-state index >= 15 is 0 Å². The van der Waals surface area contributed by atoms with Gasteiger partial charge in [0.2, 0.25) is 0 Å². The van der Waals surface area contributed by atoms with Crippen LogP contribution < -0.4 is 0 Å². The lowest BCUT2D eigenvalue weighted by Gasteiger charge is -2.08. The Balaban J connectivity index is 2.08. The molecule has 0 atom stereocenters. The van der Waals surface area contributed by atoms with E-state index in [1.54, 1.807) is 0 Å². The molecule has 2 heteroatoms. The van der Waals surface area contributed by atoms with Crippen molar-refractivity contribution in [3.05, 3.63) is 75.6 Å². The molecule has 0 aliphatic rings. The van der Waals surface area contributed by atoms with Gasteiger partial charge in [0, 0.05) is 4.47 Å². The fraction of sp³-hybridized carbons (Fsp3) is 0.0714. The summed E-state index contributed by atoms with van der Waals surface area (Å²) in [5.74, 6) is 0. The minimum atomic E-state index is 0.777. The summed E-state index contributed by atoms with van der Waals surface area (Å²) in [5, 5.41) is 0.878. The van der Waals surface area contributed by atoms with E-state index in [0.29, 0.717) is 0 Å². The van der Waals surface area contributed by atoms with E-state index in [-0.39, 0.29) is 0 Å². The number of hydrogen-bond donors (Lipinski definition) is 0. The van der Waals surface area contributed by atoms with Crippen molar-refractivity contribution in [1.82, 2.24) is 0 Å². The zero-order chi connectivity index (χ0) is 11.4. The summed E-state index contributed by atoms with van der Waals surface area (Å²) < 4.78 is 1.09. The Hall–Kier alpha value is -0.790. The molecule has 0 unspecified atom stereocenters. The molecular weight excluding hydrogens is 284 g/mol. The van der Waals surface area contributed by atoms with Crippen molar-refractivity contribution in [2.45, 2.75) is 6.42 Å². The van der Waals surface area contributed by atoms with Crippen molar-refractivity contribution in [3.8, 4) is 0 Å². The smallest absolute Gasteiger partial charge is 0.0970 e. The van der Waals surface area contributed by atoms with Gasteiger partial charge in [0.25, 0.3) is 0 Å². The van der Waals surface area contributed by atoms with Gasteiger partial charge < -0.3 is 0 Å². The van der Waals surface area contributed by atoms with Crippen molar-refractivity contribution >= 4 is 27.5 Å². The molecule has 81 valence electrons. The third kappa shape index (κ3) is 3.10. The van der Waals surface area contributed by atoms with Crippen molar-refractivity contribution in [1.29, 1.82) is 0 Å². The summed E-state index contributed by atoms with van der Waals surface area (Å²) in [5.41, 5.74) is 2.31. The Labute approximate surface area is 109 Å². The molecule has 0 aromatic heterocycles. The molecule has 0 spiro atoms. The monoisotopic (exact) mass is 293 g/mol. The Morgan fingerprint density at radius 2 is 1.56 bits per heavy atom. The molecule has 2 aromatic rings. The third-order valence-electron chi connectivity index (χ3n) is 2.36. The molecule has 0 aliphatic carbocycles. The summed E-state index contributed by atoms with van der Waals surface area (Å²) in [6, 6.07) is 18.3. The molecule has 0 bridgehead atoms. The SMILES string of the molecule is Cl[C](Cc1ccc(Br)cc1)c1ccccc1. The maximum absolute atomic E-state index is 6.29. The molecule has 2 rings (SSSR count). The zero-order valence-electron chi connectivity index (χ0n) is 8.66. The van der Waals surface area contributed by atoms with E-state index in [1.165, 1.54) is 5.56 Å². The number of hydrogen-bond acceptors (Lipinski definition) is 0. The Kier molecular flexibility index (Phi) is 4.03.